The molecule has 4 nitrogen and oxygen atoms in total. The van der Waals surface area contributed by atoms with Gasteiger partial charge in [0.1, 0.15) is 0 Å². The van der Waals surface area contributed by atoms with E-state index in [1.807, 2.05) is 12.1 Å². The van der Waals surface area contributed by atoms with Gasteiger partial charge in [0, 0.05) is 21.9 Å². The molecule has 0 aliphatic heterocycles. The highest BCUT2D eigenvalue weighted by atomic mass is 15.2. The molecule has 288 valence electrons. The van der Waals surface area contributed by atoms with E-state index in [0.29, 0.717) is 17.6 Å². The highest BCUT2D eigenvalue weighted by molar-refractivity contribution is 6.12. The molecular weight excluding hydrogens is 753 g/mol. The summed E-state index contributed by atoms with van der Waals surface area (Å²) in [4.78, 5) is 16.0. The third-order valence-electron chi connectivity index (χ3n) is 13.1. The van der Waals surface area contributed by atoms with E-state index in [2.05, 4.69) is 211 Å². The quantitative estimate of drug-likeness (QED) is 0.174. The molecule has 2 aliphatic carbocycles. The maximum atomic E-state index is 5.37. The summed E-state index contributed by atoms with van der Waals surface area (Å²) in [5.41, 5.74) is 18.4. The standard InChI is InChI=1S/C58H36N4/c1-3-15-37(16-4-1)39-27-31-41(32-28-39)55-59-56(42-33-29-40(30-34-42)38-17-5-2-6-18-38)61-57(60-55)62-53-26-14-10-22-46(53)48-35-47-45-21-9-13-25-51(45)58(52(47)36-54(48)62)49-23-11-7-19-43(49)44-20-8-12-24-50(44)58/h1-36H. The lowest BCUT2D eigenvalue weighted by atomic mass is 9.70. The first kappa shape index (κ1) is 34.6. The van der Waals surface area contributed by atoms with Crippen LogP contribution in [0.5, 0.6) is 0 Å². The molecule has 0 fully saturated rings. The van der Waals surface area contributed by atoms with Gasteiger partial charge in [-0.3, -0.25) is 4.57 Å². The molecule has 11 aromatic rings. The van der Waals surface area contributed by atoms with E-state index in [-0.39, 0.29) is 0 Å². The van der Waals surface area contributed by atoms with Crippen LogP contribution in [0.25, 0.3) is 95.0 Å². The number of benzene rings is 9. The van der Waals surface area contributed by atoms with E-state index in [1.54, 1.807) is 0 Å². The van der Waals surface area contributed by atoms with Crippen LogP contribution in [0.15, 0.2) is 218 Å². The molecule has 0 saturated heterocycles. The third kappa shape index (κ3) is 4.98. The maximum Gasteiger partial charge on any atom is 0.238 e. The van der Waals surface area contributed by atoms with Crippen molar-refractivity contribution in [3.05, 3.63) is 241 Å². The van der Waals surface area contributed by atoms with Gasteiger partial charge in [0.05, 0.1) is 16.4 Å². The first-order valence-corrected chi connectivity index (χ1v) is 21.2. The van der Waals surface area contributed by atoms with Crippen LogP contribution in [-0.2, 0) is 5.41 Å². The van der Waals surface area contributed by atoms with Crippen LogP contribution in [0.3, 0.4) is 0 Å². The van der Waals surface area contributed by atoms with Crippen LogP contribution in [0, 0.1) is 0 Å². The number of para-hydroxylation sites is 1. The molecule has 2 heterocycles. The van der Waals surface area contributed by atoms with E-state index in [4.69, 9.17) is 15.0 Å². The Labute approximate surface area is 359 Å². The Morgan fingerprint density at radius 2 is 0.710 bits per heavy atom. The number of fused-ring (bicyclic) bond motifs is 13. The molecule has 0 unspecified atom stereocenters. The molecule has 0 amide bonds. The first-order chi connectivity index (χ1) is 30.7. The summed E-state index contributed by atoms with van der Waals surface area (Å²) in [5, 5.41) is 2.31. The minimum atomic E-state index is -0.481. The third-order valence-corrected chi connectivity index (χ3v) is 13.1. The molecule has 13 rings (SSSR count). The summed E-state index contributed by atoms with van der Waals surface area (Å²) in [7, 11) is 0. The zero-order valence-corrected chi connectivity index (χ0v) is 33.6. The van der Waals surface area contributed by atoms with Gasteiger partial charge >= 0.3 is 0 Å². The molecule has 0 N–H and O–H groups in total. The summed E-state index contributed by atoms with van der Waals surface area (Å²) < 4.78 is 2.26. The van der Waals surface area contributed by atoms with E-state index in [9.17, 15) is 0 Å². The topological polar surface area (TPSA) is 43.6 Å². The minimum Gasteiger partial charge on any atom is -0.278 e. The van der Waals surface area contributed by atoms with Gasteiger partial charge in [-0.15, -0.1) is 0 Å². The SMILES string of the molecule is c1ccc(-c2ccc(-c3nc(-c4ccc(-c5ccccc5)cc4)nc(-n4c5ccccc5c5cc6c(cc54)C4(c5ccccc5-c5ccccc54)c4ccccc4-6)n3)cc2)cc1. The van der Waals surface area contributed by atoms with Crippen molar-refractivity contribution in [2.24, 2.45) is 0 Å². The van der Waals surface area contributed by atoms with Crippen molar-refractivity contribution in [1.29, 1.82) is 0 Å². The molecule has 9 aromatic carbocycles. The Kier molecular flexibility index (Phi) is 7.49. The minimum absolute atomic E-state index is 0.481. The zero-order chi connectivity index (χ0) is 40.8. The number of hydrogen-bond donors (Lipinski definition) is 0. The van der Waals surface area contributed by atoms with Gasteiger partial charge in [-0.25, -0.2) is 4.98 Å². The van der Waals surface area contributed by atoms with E-state index in [0.717, 1.165) is 44.1 Å². The van der Waals surface area contributed by atoms with Crippen LogP contribution >= 0.6 is 0 Å². The molecule has 1 spiro atoms. The predicted octanol–water partition coefficient (Wildman–Crippen LogP) is 14.0. The maximum absolute atomic E-state index is 5.37. The number of nitrogens with zero attached hydrogens (tertiary/aromatic N) is 4. The second kappa shape index (κ2) is 13.4. The normalized spacial score (nSPS) is 13.0. The molecule has 0 atom stereocenters. The van der Waals surface area contributed by atoms with Gasteiger partial charge in [0.25, 0.3) is 0 Å². The van der Waals surface area contributed by atoms with Gasteiger partial charge in [-0.05, 0) is 85.0 Å². The average Bonchev–Trinajstić information content (AvgIpc) is 3.95. The van der Waals surface area contributed by atoms with Crippen molar-refractivity contribution in [3.8, 4) is 73.2 Å². The highest BCUT2D eigenvalue weighted by Crippen LogP contribution is 2.63. The lowest BCUT2D eigenvalue weighted by molar-refractivity contribution is 0.794. The summed E-state index contributed by atoms with van der Waals surface area (Å²) in [6.45, 7) is 0. The second-order valence-corrected chi connectivity index (χ2v) is 16.3. The first-order valence-electron chi connectivity index (χ1n) is 21.2. The van der Waals surface area contributed by atoms with E-state index in [1.165, 1.54) is 55.6 Å². The van der Waals surface area contributed by atoms with Gasteiger partial charge in [0.2, 0.25) is 5.95 Å². The lowest BCUT2D eigenvalue weighted by Crippen LogP contribution is -2.25. The van der Waals surface area contributed by atoms with Crippen molar-refractivity contribution < 1.29 is 0 Å². The predicted molar refractivity (Wildman–Crippen MR) is 252 cm³/mol. The molecule has 2 aliphatic rings. The Morgan fingerprint density at radius 3 is 1.24 bits per heavy atom. The van der Waals surface area contributed by atoms with Crippen LogP contribution < -0.4 is 0 Å². The van der Waals surface area contributed by atoms with Crippen LogP contribution in [0.4, 0.5) is 0 Å². The van der Waals surface area contributed by atoms with Gasteiger partial charge in [0.15, 0.2) is 11.6 Å². The van der Waals surface area contributed by atoms with Gasteiger partial charge < -0.3 is 0 Å². The van der Waals surface area contributed by atoms with Crippen LogP contribution in [0.1, 0.15) is 22.3 Å². The Balaban J connectivity index is 1.07. The summed E-state index contributed by atoms with van der Waals surface area (Å²) >= 11 is 0. The van der Waals surface area contributed by atoms with Crippen molar-refractivity contribution in [1.82, 2.24) is 19.5 Å². The van der Waals surface area contributed by atoms with Gasteiger partial charge in [-0.1, -0.05) is 200 Å². The fourth-order valence-corrected chi connectivity index (χ4v) is 10.4. The number of aromatic nitrogens is 4. The highest BCUT2D eigenvalue weighted by Gasteiger charge is 2.51. The molecular formula is C58H36N4. The molecule has 0 radical (unpaired) electrons. The second-order valence-electron chi connectivity index (χ2n) is 16.3. The molecule has 0 bridgehead atoms. The molecule has 4 heteroatoms. The smallest absolute Gasteiger partial charge is 0.238 e. The summed E-state index contributed by atoms with van der Waals surface area (Å²) in [6.07, 6.45) is 0. The molecule has 0 saturated carbocycles. The fraction of sp³-hybridized carbons (Fsp3) is 0.0172. The largest absolute Gasteiger partial charge is 0.278 e. The average molecular weight is 789 g/mol. The lowest BCUT2D eigenvalue weighted by Gasteiger charge is -2.30. The number of hydrogen-bond acceptors (Lipinski definition) is 3. The van der Waals surface area contributed by atoms with Crippen molar-refractivity contribution in [2.45, 2.75) is 5.41 Å². The van der Waals surface area contributed by atoms with Crippen molar-refractivity contribution >= 4 is 21.8 Å². The van der Waals surface area contributed by atoms with Crippen molar-refractivity contribution in [3.63, 3.8) is 0 Å². The van der Waals surface area contributed by atoms with Crippen LogP contribution in [-0.4, -0.2) is 19.5 Å². The summed E-state index contributed by atoms with van der Waals surface area (Å²) in [5.74, 6) is 1.81. The molecule has 62 heavy (non-hydrogen) atoms. The van der Waals surface area contributed by atoms with E-state index >= 15 is 0 Å². The molecule has 2 aromatic heterocycles. The van der Waals surface area contributed by atoms with Crippen molar-refractivity contribution in [2.75, 3.05) is 0 Å². The Morgan fingerprint density at radius 1 is 0.290 bits per heavy atom. The Hall–Kier alpha value is -8.21. The Bertz CT molecular complexity index is 3400. The zero-order valence-electron chi connectivity index (χ0n) is 33.6. The number of rotatable bonds is 5. The van der Waals surface area contributed by atoms with Gasteiger partial charge in [-0.2, -0.15) is 9.97 Å². The fourth-order valence-electron chi connectivity index (χ4n) is 10.4. The van der Waals surface area contributed by atoms with E-state index < -0.39 is 5.41 Å². The monoisotopic (exact) mass is 788 g/mol. The summed E-state index contributed by atoms with van der Waals surface area (Å²) in [6, 6.07) is 78.5. The van der Waals surface area contributed by atoms with Crippen LogP contribution in [0.2, 0.25) is 0 Å².